The SMILES string of the molecule is CC(=O)N1CCC(O)(CN2CC[C@@H](c3[nH]ncc3C)C2)CC1. The van der Waals surface area contributed by atoms with Gasteiger partial charge in [-0.25, -0.2) is 0 Å². The van der Waals surface area contributed by atoms with Gasteiger partial charge in [-0.05, 0) is 38.3 Å². The molecule has 2 N–H and O–H groups in total. The van der Waals surface area contributed by atoms with Crippen molar-refractivity contribution in [3.63, 3.8) is 0 Å². The van der Waals surface area contributed by atoms with Gasteiger partial charge >= 0.3 is 0 Å². The summed E-state index contributed by atoms with van der Waals surface area (Å²) in [5.41, 5.74) is 1.81. The molecule has 1 aromatic rings. The summed E-state index contributed by atoms with van der Waals surface area (Å²) in [6, 6.07) is 0. The van der Waals surface area contributed by atoms with Crippen molar-refractivity contribution in [1.29, 1.82) is 0 Å². The third-order valence-electron chi connectivity index (χ3n) is 5.21. The number of aromatic nitrogens is 2. The zero-order valence-electron chi connectivity index (χ0n) is 13.5. The van der Waals surface area contributed by atoms with Gasteiger partial charge in [0.25, 0.3) is 0 Å². The highest BCUT2D eigenvalue weighted by atomic mass is 16.3. The Balaban J connectivity index is 1.54. The summed E-state index contributed by atoms with van der Waals surface area (Å²) in [5, 5.41) is 18.0. The van der Waals surface area contributed by atoms with Gasteiger partial charge in [-0.3, -0.25) is 14.8 Å². The van der Waals surface area contributed by atoms with E-state index >= 15 is 0 Å². The van der Waals surface area contributed by atoms with Crippen LogP contribution in [0.15, 0.2) is 6.20 Å². The van der Waals surface area contributed by atoms with Crippen molar-refractivity contribution in [2.24, 2.45) is 0 Å². The average Bonchev–Trinajstić information content (AvgIpc) is 3.07. The summed E-state index contributed by atoms with van der Waals surface area (Å²) >= 11 is 0. The maximum Gasteiger partial charge on any atom is 0.219 e. The lowest BCUT2D eigenvalue weighted by Gasteiger charge is -2.40. The summed E-state index contributed by atoms with van der Waals surface area (Å²) in [4.78, 5) is 15.6. The van der Waals surface area contributed by atoms with Crippen molar-refractivity contribution in [1.82, 2.24) is 20.0 Å². The fourth-order valence-electron chi connectivity index (χ4n) is 3.79. The third-order valence-corrected chi connectivity index (χ3v) is 5.21. The molecular formula is C16H26N4O2. The monoisotopic (exact) mass is 306 g/mol. The molecule has 0 saturated carbocycles. The largest absolute Gasteiger partial charge is 0.388 e. The number of aliphatic hydroxyl groups is 1. The Kier molecular flexibility index (Phi) is 4.23. The number of hydrogen-bond donors (Lipinski definition) is 2. The first-order valence-electron chi connectivity index (χ1n) is 8.17. The van der Waals surface area contributed by atoms with Crippen LogP contribution in [0.5, 0.6) is 0 Å². The molecule has 0 aliphatic carbocycles. The van der Waals surface area contributed by atoms with Crippen LogP contribution < -0.4 is 0 Å². The highest BCUT2D eigenvalue weighted by Gasteiger charge is 2.37. The Morgan fingerprint density at radius 1 is 1.45 bits per heavy atom. The molecule has 1 atom stereocenters. The normalized spacial score (nSPS) is 25.6. The zero-order chi connectivity index (χ0) is 15.7. The molecule has 0 aromatic carbocycles. The number of carbonyl (C=O) groups excluding carboxylic acids is 1. The quantitative estimate of drug-likeness (QED) is 0.869. The minimum atomic E-state index is -0.649. The van der Waals surface area contributed by atoms with Crippen LogP contribution in [0.1, 0.15) is 43.4 Å². The molecule has 0 unspecified atom stereocenters. The van der Waals surface area contributed by atoms with Gasteiger partial charge in [0, 0.05) is 44.7 Å². The number of piperidine rings is 1. The molecule has 1 amide bonds. The number of H-pyrrole nitrogens is 1. The summed E-state index contributed by atoms with van der Waals surface area (Å²) < 4.78 is 0. The second-order valence-corrected chi connectivity index (χ2v) is 6.92. The molecule has 0 spiro atoms. The molecule has 122 valence electrons. The van der Waals surface area contributed by atoms with Gasteiger partial charge < -0.3 is 10.0 Å². The Bertz CT molecular complexity index is 534. The van der Waals surface area contributed by atoms with E-state index in [9.17, 15) is 9.90 Å². The number of rotatable bonds is 3. The van der Waals surface area contributed by atoms with E-state index in [-0.39, 0.29) is 5.91 Å². The second kappa shape index (κ2) is 6.01. The van der Waals surface area contributed by atoms with E-state index in [0.29, 0.717) is 38.4 Å². The maximum absolute atomic E-state index is 11.4. The number of nitrogens with one attached hydrogen (secondary N) is 1. The van der Waals surface area contributed by atoms with E-state index in [0.717, 1.165) is 19.5 Å². The number of amides is 1. The second-order valence-electron chi connectivity index (χ2n) is 6.92. The standard InChI is InChI=1S/C16H26N4O2/c1-12-9-17-18-15(12)14-3-6-19(10-14)11-16(22)4-7-20(8-5-16)13(2)21/h9,14,22H,3-8,10-11H2,1-2H3,(H,17,18)/t14-/m1/s1. The number of β-amino-alcohol motifs (C(OH)–C–C–N with tert-alkyl or cyclic N) is 1. The van der Waals surface area contributed by atoms with Gasteiger partial charge in [-0.15, -0.1) is 0 Å². The van der Waals surface area contributed by atoms with Gasteiger partial charge in [0.15, 0.2) is 0 Å². The van der Waals surface area contributed by atoms with Crippen LogP contribution in [0.3, 0.4) is 0 Å². The van der Waals surface area contributed by atoms with Crippen molar-refractivity contribution in [2.75, 3.05) is 32.7 Å². The summed E-state index contributed by atoms with van der Waals surface area (Å²) in [7, 11) is 0. The first-order chi connectivity index (χ1) is 10.5. The third kappa shape index (κ3) is 3.17. The molecule has 22 heavy (non-hydrogen) atoms. The lowest BCUT2D eigenvalue weighted by Crippen LogP contribution is -2.51. The van der Waals surface area contributed by atoms with Crippen LogP contribution >= 0.6 is 0 Å². The highest BCUT2D eigenvalue weighted by Crippen LogP contribution is 2.31. The van der Waals surface area contributed by atoms with Crippen molar-refractivity contribution in [3.8, 4) is 0 Å². The lowest BCUT2D eigenvalue weighted by atomic mass is 9.91. The molecule has 3 rings (SSSR count). The predicted molar refractivity (Wildman–Crippen MR) is 83.6 cm³/mol. The van der Waals surface area contributed by atoms with Gasteiger partial charge in [-0.1, -0.05) is 0 Å². The lowest BCUT2D eigenvalue weighted by molar-refractivity contribution is -0.133. The van der Waals surface area contributed by atoms with Crippen LogP contribution in [0.2, 0.25) is 0 Å². The fourth-order valence-corrected chi connectivity index (χ4v) is 3.79. The molecule has 6 nitrogen and oxygen atoms in total. The molecule has 2 aliphatic heterocycles. The Hall–Kier alpha value is -1.40. The minimum absolute atomic E-state index is 0.109. The molecule has 0 radical (unpaired) electrons. The minimum Gasteiger partial charge on any atom is -0.388 e. The smallest absolute Gasteiger partial charge is 0.219 e. The molecule has 2 fully saturated rings. The first kappa shape index (κ1) is 15.5. The number of hydrogen-bond acceptors (Lipinski definition) is 4. The summed E-state index contributed by atoms with van der Waals surface area (Å²) in [6.45, 7) is 7.73. The number of aromatic amines is 1. The van der Waals surface area contributed by atoms with Crippen molar-refractivity contribution in [3.05, 3.63) is 17.5 Å². The summed E-state index contributed by atoms with van der Waals surface area (Å²) in [5.74, 6) is 0.599. The van der Waals surface area contributed by atoms with Gasteiger partial charge in [0.05, 0.1) is 11.8 Å². The van der Waals surface area contributed by atoms with Crippen molar-refractivity contribution < 1.29 is 9.90 Å². The van der Waals surface area contributed by atoms with E-state index in [4.69, 9.17) is 0 Å². The Morgan fingerprint density at radius 3 is 2.77 bits per heavy atom. The van der Waals surface area contributed by atoms with Crippen molar-refractivity contribution >= 4 is 5.91 Å². The molecular weight excluding hydrogens is 280 g/mol. The van der Waals surface area contributed by atoms with Crippen LogP contribution in [0.4, 0.5) is 0 Å². The molecule has 0 bridgehead atoms. The molecule has 3 heterocycles. The van der Waals surface area contributed by atoms with E-state index in [1.165, 1.54) is 11.3 Å². The van der Waals surface area contributed by atoms with Gasteiger partial charge in [-0.2, -0.15) is 5.10 Å². The molecule has 6 heteroatoms. The highest BCUT2D eigenvalue weighted by molar-refractivity contribution is 5.73. The number of carbonyl (C=O) groups is 1. The van der Waals surface area contributed by atoms with E-state index in [2.05, 4.69) is 22.0 Å². The summed E-state index contributed by atoms with van der Waals surface area (Å²) in [6.07, 6.45) is 4.34. The van der Waals surface area contributed by atoms with Gasteiger partial charge in [0.2, 0.25) is 5.91 Å². The van der Waals surface area contributed by atoms with Crippen LogP contribution in [0, 0.1) is 6.92 Å². The first-order valence-corrected chi connectivity index (χ1v) is 8.17. The van der Waals surface area contributed by atoms with Crippen molar-refractivity contribution in [2.45, 2.75) is 44.6 Å². The van der Waals surface area contributed by atoms with E-state index in [1.54, 1.807) is 6.92 Å². The zero-order valence-corrected chi connectivity index (χ0v) is 13.5. The van der Waals surface area contributed by atoms with E-state index < -0.39 is 5.60 Å². The number of likely N-dealkylation sites (tertiary alicyclic amines) is 2. The molecule has 1 aromatic heterocycles. The van der Waals surface area contributed by atoms with Crippen LogP contribution in [0.25, 0.3) is 0 Å². The molecule has 2 saturated heterocycles. The number of aryl methyl sites for hydroxylation is 1. The Morgan fingerprint density at radius 2 is 2.18 bits per heavy atom. The number of nitrogens with zero attached hydrogens (tertiary/aromatic N) is 3. The maximum atomic E-state index is 11.4. The van der Waals surface area contributed by atoms with Gasteiger partial charge in [0.1, 0.15) is 0 Å². The Labute approximate surface area is 131 Å². The average molecular weight is 306 g/mol. The fraction of sp³-hybridized carbons (Fsp3) is 0.750. The molecule has 2 aliphatic rings. The predicted octanol–water partition coefficient (Wildman–Crippen LogP) is 0.881. The topological polar surface area (TPSA) is 72.5 Å². The van der Waals surface area contributed by atoms with E-state index in [1.807, 2.05) is 11.1 Å². The van der Waals surface area contributed by atoms with Crippen LogP contribution in [-0.4, -0.2) is 69.3 Å². The van der Waals surface area contributed by atoms with Crippen LogP contribution in [-0.2, 0) is 4.79 Å².